The number of pyridine rings is 1. The van der Waals surface area contributed by atoms with Crippen LogP contribution in [0.5, 0.6) is 0 Å². The van der Waals surface area contributed by atoms with Crippen molar-refractivity contribution >= 4 is 5.97 Å². The van der Waals surface area contributed by atoms with Gasteiger partial charge >= 0.3 is 5.97 Å². The number of aromatic nitrogens is 1. The molecule has 1 N–H and O–H groups in total. The van der Waals surface area contributed by atoms with Gasteiger partial charge in [0.05, 0.1) is 12.8 Å². The van der Waals surface area contributed by atoms with Gasteiger partial charge in [0.25, 0.3) is 0 Å². The maximum absolute atomic E-state index is 10.9. The predicted molar refractivity (Wildman–Crippen MR) is 61.9 cm³/mol. The first-order chi connectivity index (χ1) is 7.74. The molecule has 88 valence electrons. The molecule has 1 aromatic heterocycles. The smallest absolute Gasteiger partial charge is 0.305 e. The Labute approximate surface area is 96.0 Å². The van der Waals surface area contributed by atoms with Crippen LogP contribution < -0.4 is 5.32 Å². The monoisotopic (exact) mass is 222 g/mol. The summed E-state index contributed by atoms with van der Waals surface area (Å²) in [7, 11) is 1.41. The average molecular weight is 222 g/mol. The molecule has 1 heterocycles. The lowest BCUT2D eigenvalue weighted by molar-refractivity contribution is -0.140. The number of carbonyl (C=O) groups is 1. The van der Waals surface area contributed by atoms with Crippen molar-refractivity contribution in [3.05, 3.63) is 30.1 Å². The van der Waals surface area contributed by atoms with Crippen LogP contribution in [-0.2, 0) is 9.53 Å². The molecule has 0 saturated carbocycles. The quantitative estimate of drug-likeness (QED) is 0.588. The summed E-state index contributed by atoms with van der Waals surface area (Å²) >= 11 is 0. The molecule has 0 fully saturated rings. The van der Waals surface area contributed by atoms with E-state index in [9.17, 15) is 4.79 Å². The Morgan fingerprint density at radius 3 is 3.00 bits per heavy atom. The number of hydrogen-bond acceptors (Lipinski definition) is 4. The number of ether oxygens (including phenoxy) is 1. The second-order valence-corrected chi connectivity index (χ2v) is 3.61. The topological polar surface area (TPSA) is 51.2 Å². The SMILES string of the molecule is COC(=O)CCCN[C@@H](C)c1ccccn1. The molecule has 0 aliphatic heterocycles. The van der Waals surface area contributed by atoms with Gasteiger partial charge in [0.15, 0.2) is 0 Å². The van der Waals surface area contributed by atoms with Gasteiger partial charge in [-0.3, -0.25) is 9.78 Å². The summed E-state index contributed by atoms with van der Waals surface area (Å²) in [6.07, 6.45) is 3.02. The third kappa shape index (κ3) is 4.40. The average Bonchev–Trinajstić information content (AvgIpc) is 2.35. The van der Waals surface area contributed by atoms with Crippen molar-refractivity contribution in [3.63, 3.8) is 0 Å². The number of methoxy groups -OCH3 is 1. The van der Waals surface area contributed by atoms with Crippen molar-refractivity contribution in [2.75, 3.05) is 13.7 Å². The number of nitrogens with zero attached hydrogens (tertiary/aromatic N) is 1. The van der Waals surface area contributed by atoms with Gasteiger partial charge in [-0.05, 0) is 32.0 Å². The Balaban J connectivity index is 2.21. The normalized spacial score (nSPS) is 12.1. The van der Waals surface area contributed by atoms with E-state index >= 15 is 0 Å². The number of carbonyl (C=O) groups excluding carboxylic acids is 1. The number of rotatable bonds is 6. The Bertz CT molecular complexity index is 314. The molecule has 0 amide bonds. The summed E-state index contributed by atoms with van der Waals surface area (Å²) in [5, 5.41) is 3.31. The molecule has 1 atom stereocenters. The highest BCUT2D eigenvalue weighted by molar-refractivity contribution is 5.69. The molecular formula is C12H18N2O2. The van der Waals surface area contributed by atoms with Gasteiger partial charge in [-0.25, -0.2) is 0 Å². The van der Waals surface area contributed by atoms with E-state index in [-0.39, 0.29) is 12.0 Å². The minimum absolute atomic E-state index is 0.160. The van der Waals surface area contributed by atoms with E-state index < -0.39 is 0 Å². The van der Waals surface area contributed by atoms with Gasteiger partial charge in [-0.15, -0.1) is 0 Å². The Kier molecular flexibility index (Phi) is 5.50. The molecule has 16 heavy (non-hydrogen) atoms. The van der Waals surface area contributed by atoms with Crippen LogP contribution in [0.3, 0.4) is 0 Å². The van der Waals surface area contributed by atoms with Crippen LogP contribution in [0.25, 0.3) is 0 Å². The molecular weight excluding hydrogens is 204 g/mol. The fourth-order valence-electron chi connectivity index (χ4n) is 1.39. The lowest BCUT2D eigenvalue weighted by Crippen LogP contribution is -2.21. The van der Waals surface area contributed by atoms with Gasteiger partial charge in [-0.1, -0.05) is 6.07 Å². The molecule has 0 radical (unpaired) electrons. The Morgan fingerprint density at radius 1 is 1.56 bits per heavy atom. The molecule has 0 saturated heterocycles. The van der Waals surface area contributed by atoms with Crippen molar-refractivity contribution in [1.29, 1.82) is 0 Å². The van der Waals surface area contributed by atoms with Crippen LogP contribution in [0.15, 0.2) is 24.4 Å². The summed E-state index contributed by atoms with van der Waals surface area (Å²) in [4.78, 5) is 15.1. The first-order valence-corrected chi connectivity index (χ1v) is 5.45. The molecule has 0 unspecified atom stereocenters. The molecule has 0 bridgehead atoms. The van der Waals surface area contributed by atoms with E-state index in [1.54, 1.807) is 6.20 Å². The van der Waals surface area contributed by atoms with Crippen molar-refractivity contribution < 1.29 is 9.53 Å². The van der Waals surface area contributed by atoms with Gasteiger partial charge < -0.3 is 10.1 Å². The largest absolute Gasteiger partial charge is 0.469 e. The molecule has 0 aliphatic rings. The minimum atomic E-state index is -0.160. The third-order valence-electron chi connectivity index (χ3n) is 2.37. The van der Waals surface area contributed by atoms with Gasteiger partial charge in [0.2, 0.25) is 0 Å². The summed E-state index contributed by atoms with van der Waals surface area (Å²) in [5.41, 5.74) is 1.01. The Hall–Kier alpha value is -1.42. The van der Waals surface area contributed by atoms with Crippen LogP contribution in [0.2, 0.25) is 0 Å². The predicted octanol–water partition coefficient (Wildman–Crippen LogP) is 1.69. The highest BCUT2D eigenvalue weighted by atomic mass is 16.5. The first kappa shape index (κ1) is 12.6. The van der Waals surface area contributed by atoms with E-state index in [1.165, 1.54) is 7.11 Å². The number of nitrogens with one attached hydrogen (secondary N) is 1. The first-order valence-electron chi connectivity index (χ1n) is 5.45. The van der Waals surface area contributed by atoms with Gasteiger partial charge in [0, 0.05) is 18.7 Å². The summed E-state index contributed by atoms with van der Waals surface area (Å²) < 4.78 is 4.56. The minimum Gasteiger partial charge on any atom is -0.469 e. The molecule has 4 nitrogen and oxygen atoms in total. The maximum Gasteiger partial charge on any atom is 0.305 e. The van der Waals surface area contributed by atoms with Crippen LogP contribution in [0.4, 0.5) is 0 Å². The maximum atomic E-state index is 10.9. The standard InChI is InChI=1S/C12H18N2O2/c1-10(11-6-3-4-8-14-11)13-9-5-7-12(15)16-2/h3-4,6,8,10,13H,5,7,9H2,1-2H3/t10-/m0/s1. The van der Waals surface area contributed by atoms with E-state index in [2.05, 4.69) is 22.0 Å². The highest BCUT2D eigenvalue weighted by Crippen LogP contribution is 2.07. The fourth-order valence-corrected chi connectivity index (χ4v) is 1.39. The van der Waals surface area contributed by atoms with E-state index in [0.717, 1.165) is 18.7 Å². The fraction of sp³-hybridized carbons (Fsp3) is 0.500. The van der Waals surface area contributed by atoms with Crippen molar-refractivity contribution in [2.24, 2.45) is 0 Å². The van der Waals surface area contributed by atoms with Crippen molar-refractivity contribution in [3.8, 4) is 0 Å². The van der Waals surface area contributed by atoms with E-state index in [0.29, 0.717) is 6.42 Å². The van der Waals surface area contributed by atoms with Gasteiger partial charge in [0.1, 0.15) is 0 Å². The third-order valence-corrected chi connectivity index (χ3v) is 2.37. The number of esters is 1. The van der Waals surface area contributed by atoms with Gasteiger partial charge in [-0.2, -0.15) is 0 Å². The highest BCUT2D eigenvalue weighted by Gasteiger charge is 2.05. The molecule has 1 rings (SSSR count). The second-order valence-electron chi connectivity index (χ2n) is 3.61. The second kappa shape index (κ2) is 6.95. The van der Waals surface area contributed by atoms with Crippen LogP contribution in [-0.4, -0.2) is 24.6 Å². The summed E-state index contributed by atoms with van der Waals surface area (Å²) in [6, 6.07) is 6.05. The molecule has 0 aromatic carbocycles. The molecule has 1 aromatic rings. The zero-order valence-electron chi connectivity index (χ0n) is 9.77. The molecule has 0 spiro atoms. The van der Waals surface area contributed by atoms with Crippen LogP contribution >= 0.6 is 0 Å². The van der Waals surface area contributed by atoms with Crippen molar-refractivity contribution in [1.82, 2.24) is 10.3 Å². The van der Waals surface area contributed by atoms with E-state index in [1.807, 2.05) is 18.2 Å². The zero-order chi connectivity index (χ0) is 11.8. The van der Waals surface area contributed by atoms with E-state index in [4.69, 9.17) is 0 Å². The molecule has 0 aliphatic carbocycles. The summed E-state index contributed by atoms with van der Waals surface area (Å²) in [5.74, 6) is -0.160. The van der Waals surface area contributed by atoms with Crippen LogP contribution in [0.1, 0.15) is 31.5 Å². The number of hydrogen-bond donors (Lipinski definition) is 1. The lowest BCUT2D eigenvalue weighted by Gasteiger charge is -2.12. The van der Waals surface area contributed by atoms with Crippen LogP contribution in [0, 0.1) is 0 Å². The molecule has 4 heteroatoms. The zero-order valence-corrected chi connectivity index (χ0v) is 9.77. The Morgan fingerprint density at radius 2 is 2.38 bits per heavy atom. The van der Waals surface area contributed by atoms with Crippen molar-refractivity contribution in [2.45, 2.75) is 25.8 Å². The lowest BCUT2D eigenvalue weighted by atomic mass is 10.2. The summed E-state index contributed by atoms with van der Waals surface area (Å²) in [6.45, 7) is 2.84.